The van der Waals surface area contributed by atoms with Crippen LogP contribution in [0.5, 0.6) is 0 Å². The van der Waals surface area contributed by atoms with E-state index in [1.165, 1.54) is 44.5 Å². The van der Waals surface area contributed by atoms with E-state index in [0.29, 0.717) is 17.5 Å². The normalized spacial score (nSPS) is 13.1. The van der Waals surface area contributed by atoms with Crippen LogP contribution in [0.15, 0.2) is 192 Å². The Morgan fingerprint density at radius 3 is 1.48 bits per heavy atom. The van der Waals surface area contributed by atoms with E-state index in [4.69, 9.17) is 19.4 Å². The van der Waals surface area contributed by atoms with Gasteiger partial charge in [0.1, 0.15) is 11.2 Å². The molecule has 0 N–H and O–H groups in total. The first-order valence-corrected chi connectivity index (χ1v) is 19.0. The van der Waals surface area contributed by atoms with Crippen molar-refractivity contribution < 1.29 is 4.42 Å². The smallest absolute Gasteiger partial charge is 0.164 e. The number of hydrogen-bond acceptors (Lipinski definition) is 4. The summed E-state index contributed by atoms with van der Waals surface area (Å²) in [5, 5.41) is 2.03. The molecule has 2 aliphatic rings. The summed E-state index contributed by atoms with van der Waals surface area (Å²) in [7, 11) is 0. The SMILES string of the molecule is c1ccc(-c2ccc(-c3nc(-c4ccccc4)nc(-c4cccc5oc6c7c(ccc6c45)C4(c5ccccc5-c5ccccc54)c4ccccc4-7)n3)cc2)cc1. The van der Waals surface area contributed by atoms with Gasteiger partial charge in [0, 0.05) is 33.0 Å². The second kappa shape index (κ2) is 11.8. The van der Waals surface area contributed by atoms with E-state index in [1.54, 1.807) is 0 Å². The number of nitrogens with zero attached hydrogens (tertiary/aromatic N) is 3. The summed E-state index contributed by atoms with van der Waals surface area (Å²) in [6, 6.07) is 66.5. The maximum atomic E-state index is 7.01. The number of fused-ring (bicyclic) bond motifs is 14. The van der Waals surface area contributed by atoms with Crippen LogP contribution in [0.2, 0.25) is 0 Å². The van der Waals surface area contributed by atoms with Gasteiger partial charge in [0.25, 0.3) is 0 Å². The summed E-state index contributed by atoms with van der Waals surface area (Å²) in [5.74, 6) is 1.84. The van der Waals surface area contributed by atoms with Crippen molar-refractivity contribution in [3.8, 4) is 67.5 Å². The van der Waals surface area contributed by atoms with Gasteiger partial charge < -0.3 is 4.42 Å². The summed E-state index contributed by atoms with van der Waals surface area (Å²) >= 11 is 0. The fraction of sp³-hybridized carbons (Fsp3) is 0.0192. The van der Waals surface area contributed by atoms with Crippen molar-refractivity contribution >= 4 is 21.9 Å². The Balaban J connectivity index is 1.09. The lowest BCUT2D eigenvalue weighted by Gasteiger charge is -2.30. The van der Waals surface area contributed by atoms with Crippen LogP contribution in [0, 0.1) is 0 Å². The van der Waals surface area contributed by atoms with E-state index in [1.807, 2.05) is 42.5 Å². The van der Waals surface area contributed by atoms with Gasteiger partial charge in [0.15, 0.2) is 17.5 Å². The molecule has 10 aromatic rings. The highest BCUT2D eigenvalue weighted by Gasteiger charge is 2.52. The van der Waals surface area contributed by atoms with Crippen LogP contribution in [0.3, 0.4) is 0 Å². The molecule has 2 heterocycles. The summed E-state index contributed by atoms with van der Waals surface area (Å²) in [5.41, 5.74) is 16.4. The molecule has 260 valence electrons. The monoisotopic (exact) mass is 713 g/mol. The van der Waals surface area contributed by atoms with E-state index < -0.39 is 5.41 Å². The average Bonchev–Trinajstić information content (AvgIpc) is 3.91. The van der Waals surface area contributed by atoms with Crippen LogP contribution in [-0.4, -0.2) is 15.0 Å². The molecule has 2 aromatic heterocycles. The third kappa shape index (κ3) is 4.27. The van der Waals surface area contributed by atoms with Crippen LogP contribution in [0.4, 0.5) is 0 Å². The van der Waals surface area contributed by atoms with E-state index in [-0.39, 0.29) is 0 Å². The van der Waals surface area contributed by atoms with Gasteiger partial charge in [-0.25, -0.2) is 15.0 Å². The van der Waals surface area contributed by atoms with E-state index >= 15 is 0 Å². The number of hydrogen-bond donors (Lipinski definition) is 0. The number of rotatable bonds is 4. The molecule has 12 rings (SSSR count). The average molecular weight is 714 g/mol. The summed E-state index contributed by atoms with van der Waals surface area (Å²) in [6.45, 7) is 0. The zero-order valence-electron chi connectivity index (χ0n) is 30.1. The molecule has 0 saturated carbocycles. The Morgan fingerprint density at radius 2 is 0.821 bits per heavy atom. The maximum Gasteiger partial charge on any atom is 0.164 e. The fourth-order valence-electron chi connectivity index (χ4n) is 9.43. The summed E-state index contributed by atoms with van der Waals surface area (Å²) in [6.07, 6.45) is 0. The maximum absolute atomic E-state index is 7.01. The molecular weight excluding hydrogens is 683 g/mol. The van der Waals surface area contributed by atoms with E-state index in [2.05, 4.69) is 146 Å². The quantitative estimate of drug-likeness (QED) is 0.182. The van der Waals surface area contributed by atoms with Crippen molar-refractivity contribution in [2.45, 2.75) is 5.41 Å². The van der Waals surface area contributed by atoms with Gasteiger partial charge in [-0.3, -0.25) is 0 Å². The Kier molecular flexibility index (Phi) is 6.52. The molecule has 0 atom stereocenters. The van der Waals surface area contributed by atoms with Crippen molar-refractivity contribution in [3.05, 3.63) is 210 Å². The topological polar surface area (TPSA) is 51.8 Å². The lowest BCUT2D eigenvalue weighted by atomic mass is 9.70. The predicted molar refractivity (Wildman–Crippen MR) is 225 cm³/mol. The second-order valence-corrected chi connectivity index (χ2v) is 14.6. The summed E-state index contributed by atoms with van der Waals surface area (Å²) in [4.78, 5) is 15.4. The minimum Gasteiger partial charge on any atom is -0.455 e. The Labute approximate surface area is 323 Å². The first kappa shape index (κ1) is 31.0. The number of aromatic nitrogens is 3. The fourth-order valence-corrected chi connectivity index (χ4v) is 9.43. The van der Waals surface area contributed by atoms with Gasteiger partial charge in [0.05, 0.1) is 5.41 Å². The Morgan fingerprint density at radius 1 is 0.339 bits per heavy atom. The minimum atomic E-state index is -0.446. The molecule has 1 spiro atoms. The highest BCUT2D eigenvalue weighted by atomic mass is 16.3. The molecule has 0 saturated heterocycles. The van der Waals surface area contributed by atoms with Gasteiger partial charge in [-0.15, -0.1) is 0 Å². The largest absolute Gasteiger partial charge is 0.455 e. The van der Waals surface area contributed by atoms with Crippen molar-refractivity contribution in [1.82, 2.24) is 15.0 Å². The molecule has 56 heavy (non-hydrogen) atoms. The van der Waals surface area contributed by atoms with Crippen LogP contribution in [0.25, 0.3) is 89.5 Å². The first-order valence-electron chi connectivity index (χ1n) is 19.0. The molecule has 0 amide bonds. The van der Waals surface area contributed by atoms with E-state index in [0.717, 1.165) is 49.8 Å². The van der Waals surface area contributed by atoms with Crippen LogP contribution >= 0.6 is 0 Å². The van der Waals surface area contributed by atoms with Gasteiger partial charge in [-0.1, -0.05) is 182 Å². The molecule has 4 heteroatoms. The third-order valence-electron chi connectivity index (χ3n) is 11.8. The molecule has 0 fully saturated rings. The van der Waals surface area contributed by atoms with Crippen molar-refractivity contribution in [2.75, 3.05) is 0 Å². The second-order valence-electron chi connectivity index (χ2n) is 14.6. The molecule has 0 unspecified atom stereocenters. The standard InChI is InChI=1S/C52H31N3O/c1-3-14-32(15-4-1)33-26-28-35(29-27-33)50-53-49(34-16-5-2-6-17-34)54-51(55-50)40-21-13-25-45-46(40)39-30-31-44-47(48(39)56-45)38-20-9-12-24-43(38)52(44)41-22-10-7-18-36(41)37-19-8-11-23-42(37)52/h1-31H. The van der Waals surface area contributed by atoms with Crippen LogP contribution < -0.4 is 0 Å². The number of benzene rings is 8. The van der Waals surface area contributed by atoms with Crippen molar-refractivity contribution in [2.24, 2.45) is 0 Å². The molecule has 4 nitrogen and oxygen atoms in total. The van der Waals surface area contributed by atoms with Gasteiger partial charge >= 0.3 is 0 Å². The highest BCUT2D eigenvalue weighted by Crippen LogP contribution is 2.64. The highest BCUT2D eigenvalue weighted by molar-refractivity contribution is 6.17. The summed E-state index contributed by atoms with van der Waals surface area (Å²) < 4.78 is 7.01. The molecule has 0 bridgehead atoms. The predicted octanol–water partition coefficient (Wildman–Crippen LogP) is 12.8. The lowest BCUT2D eigenvalue weighted by Crippen LogP contribution is -2.25. The zero-order valence-corrected chi connectivity index (χ0v) is 30.1. The van der Waals surface area contributed by atoms with E-state index in [9.17, 15) is 0 Å². The lowest BCUT2D eigenvalue weighted by molar-refractivity contribution is 0.669. The van der Waals surface area contributed by atoms with Crippen LogP contribution in [0.1, 0.15) is 22.3 Å². The van der Waals surface area contributed by atoms with Crippen molar-refractivity contribution in [1.29, 1.82) is 0 Å². The van der Waals surface area contributed by atoms with Gasteiger partial charge in [0.2, 0.25) is 0 Å². The molecule has 0 radical (unpaired) electrons. The van der Waals surface area contributed by atoms with Crippen molar-refractivity contribution in [3.63, 3.8) is 0 Å². The van der Waals surface area contributed by atoms with Gasteiger partial charge in [-0.2, -0.15) is 0 Å². The number of furan rings is 1. The Hall–Kier alpha value is -7.43. The minimum absolute atomic E-state index is 0.446. The molecule has 8 aromatic carbocycles. The van der Waals surface area contributed by atoms with Gasteiger partial charge in [-0.05, 0) is 56.1 Å². The van der Waals surface area contributed by atoms with Crippen LogP contribution in [-0.2, 0) is 5.41 Å². The zero-order chi connectivity index (χ0) is 36.8. The molecule has 2 aliphatic carbocycles. The molecular formula is C52H31N3O. The Bertz CT molecular complexity index is 3140. The molecule has 0 aliphatic heterocycles. The third-order valence-corrected chi connectivity index (χ3v) is 11.8. The first-order chi connectivity index (χ1) is 27.8.